The molecule has 0 aromatic heterocycles. The van der Waals surface area contributed by atoms with Crippen molar-refractivity contribution in [3.63, 3.8) is 0 Å². The molecule has 2 N–H and O–H groups in total. The Morgan fingerprint density at radius 1 is 1.03 bits per heavy atom. The number of carbonyl (C=O) groups excluding carboxylic acids is 1. The number of methoxy groups -OCH3 is 1. The minimum absolute atomic E-state index is 0.0518. The highest BCUT2D eigenvalue weighted by molar-refractivity contribution is 7.89. The van der Waals surface area contributed by atoms with Crippen molar-refractivity contribution < 1.29 is 32.5 Å². The number of nitrogens with one attached hydrogen (secondary N) is 1. The van der Waals surface area contributed by atoms with Gasteiger partial charge >= 0.3 is 0 Å². The molecule has 0 bridgehead atoms. The van der Waals surface area contributed by atoms with E-state index >= 15 is 0 Å². The van der Waals surface area contributed by atoms with Gasteiger partial charge in [-0.3, -0.25) is 4.79 Å². The number of allylic oxidation sites excluding steroid dienone is 1. The van der Waals surface area contributed by atoms with Crippen LogP contribution >= 0.6 is 0 Å². The molecule has 1 aliphatic heterocycles. The first kappa shape index (κ1) is 29.8. The van der Waals surface area contributed by atoms with Crippen molar-refractivity contribution >= 4 is 15.9 Å². The van der Waals surface area contributed by atoms with E-state index in [1.807, 2.05) is 6.08 Å². The molecular formula is C29H44N2O7S. The summed E-state index contributed by atoms with van der Waals surface area (Å²) in [6, 6.07) is 6.34. The average Bonchev–Trinajstić information content (AvgIpc) is 2.97. The summed E-state index contributed by atoms with van der Waals surface area (Å²) in [7, 11) is -2.32. The van der Waals surface area contributed by atoms with E-state index in [9.17, 15) is 18.3 Å². The lowest BCUT2D eigenvalue weighted by Gasteiger charge is -2.35. The molecule has 0 saturated heterocycles. The summed E-state index contributed by atoms with van der Waals surface area (Å²) in [5.74, 6) is 1.38. The lowest BCUT2D eigenvalue weighted by Crippen LogP contribution is -2.41. The van der Waals surface area contributed by atoms with E-state index < -0.39 is 16.3 Å². The van der Waals surface area contributed by atoms with Crippen LogP contribution in [0.25, 0.3) is 0 Å². The maximum absolute atomic E-state index is 13.2. The molecule has 1 amide bonds. The molecule has 9 nitrogen and oxygen atoms in total. The molecule has 0 spiro atoms. The van der Waals surface area contributed by atoms with Gasteiger partial charge in [-0.15, -0.1) is 0 Å². The second-order valence-corrected chi connectivity index (χ2v) is 12.8. The second-order valence-electron chi connectivity index (χ2n) is 10.9. The normalized spacial score (nSPS) is 23.2. The summed E-state index contributed by atoms with van der Waals surface area (Å²) < 4.78 is 44.9. The van der Waals surface area contributed by atoms with Crippen molar-refractivity contribution in [3.05, 3.63) is 36.1 Å². The predicted molar refractivity (Wildman–Crippen MR) is 147 cm³/mol. The van der Waals surface area contributed by atoms with Crippen molar-refractivity contribution in [2.75, 3.05) is 33.4 Å². The van der Waals surface area contributed by atoms with Gasteiger partial charge in [-0.05, 0) is 67.9 Å². The maximum atomic E-state index is 13.2. The summed E-state index contributed by atoms with van der Waals surface area (Å²) >= 11 is 0. The topological polar surface area (TPSA) is 114 Å². The molecule has 2 atom stereocenters. The van der Waals surface area contributed by atoms with Crippen molar-refractivity contribution in [1.82, 2.24) is 9.62 Å². The minimum Gasteiger partial charge on any atom is -0.497 e. The first-order chi connectivity index (χ1) is 18.9. The predicted octanol–water partition coefficient (Wildman–Crippen LogP) is 3.97. The van der Waals surface area contributed by atoms with E-state index in [0.29, 0.717) is 23.8 Å². The monoisotopic (exact) mass is 564 g/mol. The van der Waals surface area contributed by atoms with E-state index in [2.05, 4.69) is 5.32 Å². The zero-order valence-electron chi connectivity index (χ0n) is 23.1. The van der Waals surface area contributed by atoms with Crippen LogP contribution in [0.4, 0.5) is 0 Å². The number of carbonyl (C=O) groups is 1. The van der Waals surface area contributed by atoms with Crippen LogP contribution in [0.2, 0.25) is 0 Å². The number of ether oxygens (including phenoxy) is 3. The number of hydrogen-bond acceptors (Lipinski definition) is 7. The highest BCUT2D eigenvalue weighted by Gasteiger charge is 2.34. The number of amides is 1. The molecule has 4 rings (SSSR count). The highest BCUT2D eigenvalue weighted by Crippen LogP contribution is 2.37. The Balaban J connectivity index is 1.40. The summed E-state index contributed by atoms with van der Waals surface area (Å²) in [4.78, 5) is 13.3. The molecule has 2 fully saturated rings. The Labute approximate surface area is 232 Å². The molecule has 0 radical (unpaired) electrons. The number of benzene rings is 1. The van der Waals surface area contributed by atoms with Gasteiger partial charge in [0, 0.05) is 25.6 Å². The Bertz CT molecular complexity index is 1050. The van der Waals surface area contributed by atoms with Crippen LogP contribution in [0.15, 0.2) is 41.0 Å². The van der Waals surface area contributed by atoms with Gasteiger partial charge in [0.25, 0.3) is 5.91 Å². The minimum atomic E-state index is -3.84. The van der Waals surface area contributed by atoms with E-state index in [1.165, 1.54) is 49.2 Å². The van der Waals surface area contributed by atoms with Gasteiger partial charge in [0.2, 0.25) is 16.3 Å². The second kappa shape index (κ2) is 14.5. The van der Waals surface area contributed by atoms with Crippen LogP contribution in [-0.4, -0.2) is 69.5 Å². The lowest BCUT2D eigenvalue weighted by atomic mass is 9.77. The molecule has 10 heteroatoms. The summed E-state index contributed by atoms with van der Waals surface area (Å²) in [6.07, 6.45) is 13.4. The molecule has 39 heavy (non-hydrogen) atoms. The summed E-state index contributed by atoms with van der Waals surface area (Å²) in [6.45, 7) is -0.235. The maximum Gasteiger partial charge on any atom is 0.286 e. The third kappa shape index (κ3) is 8.19. The van der Waals surface area contributed by atoms with Crippen LogP contribution in [0.1, 0.15) is 70.6 Å². The van der Waals surface area contributed by atoms with Crippen LogP contribution in [0.5, 0.6) is 5.75 Å². The van der Waals surface area contributed by atoms with Crippen molar-refractivity contribution in [1.29, 1.82) is 0 Å². The number of aliphatic hydroxyl groups excluding tert-OH is 1. The van der Waals surface area contributed by atoms with Crippen molar-refractivity contribution in [3.8, 4) is 5.75 Å². The molecule has 3 aliphatic rings. The first-order valence-corrected chi connectivity index (χ1v) is 15.9. The van der Waals surface area contributed by atoms with Crippen LogP contribution < -0.4 is 10.1 Å². The van der Waals surface area contributed by atoms with Gasteiger partial charge in [-0.2, -0.15) is 4.31 Å². The van der Waals surface area contributed by atoms with Gasteiger partial charge < -0.3 is 24.6 Å². The van der Waals surface area contributed by atoms with E-state index in [-0.39, 0.29) is 49.1 Å². The zero-order chi connectivity index (χ0) is 27.7. The number of hydrogen-bond donors (Lipinski definition) is 2. The number of rotatable bonds is 12. The van der Waals surface area contributed by atoms with Crippen LogP contribution in [-0.2, 0) is 24.3 Å². The molecule has 1 aromatic carbocycles. The summed E-state index contributed by atoms with van der Waals surface area (Å²) in [5.41, 5.74) is 0. The Kier molecular flexibility index (Phi) is 11.1. The molecule has 0 unspecified atom stereocenters. The van der Waals surface area contributed by atoms with Gasteiger partial charge in [0.05, 0.1) is 25.2 Å². The molecular weight excluding hydrogens is 520 g/mol. The third-order valence-corrected chi connectivity index (χ3v) is 10.1. The fourth-order valence-electron chi connectivity index (χ4n) is 5.99. The van der Waals surface area contributed by atoms with Crippen molar-refractivity contribution in [2.45, 2.75) is 87.9 Å². The standard InChI is InChI=1S/C29H44N2O7S/c1-36-25-12-14-26(15-13-25)39(34,35)31(16-18-32)17-19-37-28-21-23(22-8-4-2-5-9-22)20-27(38-28)29(33)30-24-10-6-3-7-11-24/h12-15,20,22-24,28,32H,2-11,16-19,21H2,1H3,(H,30,33)/t23-,28+/m0/s1. The molecule has 1 aromatic rings. The highest BCUT2D eigenvalue weighted by atomic mass is 32.2. The first-order valence-electron chi connectivity index (χ1n) is 14.5. The number of aliphatic hydroxyl groups is 1. The van der Waals surface area contributed by atoms with Gasteiger partial charge in [-0.25, -0.2) is 8.42 Å². The van der Waals surface area contributed by atoms with Crippen LogP contribution in [0.3, 0.4) is 0 Å². The smallest absolute Gasteiger partial charge is 0.286 e. The average molecular weight is 565 g/mol. The molecule has 1 heterocycles. The van der Waals surface area contributed by atoms with Gasteiger partial charge in [0.15, 0.2) is 5.76 Å². The zero-order valence-corrected chi connectivity index (χ0v) is 23.9. The number of nitrogens with zero attached hydrogens (tertiary/aromatic N) is 1. The largest absolute Gasteiger partial charge is 0.497 e. The van der Waals surface area contributed by atoms with Crippen LogP contribution in [0, 0.1) is 11.8 Å². The lowest BCUT2D eigenvalue weighted by molar-refractivity contribution is -0.152. The SMILES string of the molecule is COc1ccc(S(=O)(=O)N(CCO)CCO[C@H]2C[C@@H](C3CCCCC3)C=C(C(=O)NC3CCCCC3)O2)cc1. The summed E-state index contributed by atoms with van der Waals surface area (Å²) in [5, 5.41) is 12.7. The van der Waals surface area contributed by atoms with E-state index in [1.54, 1.807) is 12.1 Å². The third-order valence-electron chi connectivity index (χ3n) is 8.20. The Morgan fingerprint density at radius 3 is 2.33 bits per heavy atom. The van der Waals surface area contributed by atoms with E-state index in [4.69, 9.17) is 14.2 Å². The van der Waals surface area contributed by atoms with E-state index in [0.717, 1.165) is 38.5 Å². The molecule has 218 valence electrons. The van der Waals surface area contributed by atoms with Gasteiger partial charge in [-0.1, -0.05) is 38.5 Å². The molecule has 2 aliphatic carbocycles. The van der Waals surface area contributed by atoms with Gasteiger partial charge in [0.1, 0.15) is 5.75 Å². The fourth-order valence-corrected chi connectivity index (χ4v) is 7.40. The Hall–Kier alpha value is -2.14. The quantitative estimate of drug-likeness (QED) is 0.395. The number of sulfonamides is 1. The Morgan fingerprint density at radius 2 is 1.69 bits per heavy atom. The van der Waals surface area contributed by atoms with Crippen molar-refractivity contribution in [2.24, 2.45) is 11.8 Å². The fraction of sp³-hybridized carbons (Fsp3) is 0.690. The molecule has 2 saturated carbocycles.